The summed E-state index contributed by atoms with van der Waals surface area (Å²) in [6, 6.07) is -0.134. The lowest BCUT2D eigenvalue weighted by Gasteiger charge is -2.31. The Hall–Kier alpha value is -1.41. The van der Waals surface area contributed by atoms with Crippen LogP contribution in [0.1, 0.15) is 20.8 Å². The molecule has 0 aliphatic heterocycles. The fraction of sp³-hybridized carbons (Fsp3) is 0.667. The molecule has 1 aromatic rings. The monoisotopic (exact) mass is 302 g/mol. The second-order valence-corrected chi connectivity index (χ2v) is 7.67. The van der Waals surface area contributed by atoms with Gasteiger partial charge in [0.05, 0.1) is 25.2 Å². The maximum Gasteiger partial charge on any atom is 0.235 e. The molecule has 0 spiro atoms. The van der Waals surface area contributed by atoms with Crippen LogP contribution in [0.5, 0.6) is 0 Å². The lowest BCUT2D eigenvalue weighted by atomic mass is 9.86. The Morgan fingerprint density at radius 3 is 2.50 bits per heavy atom. The van der Waals surface area contributed by atoms with Crippen molar-refractivity contribution in [3.8, 4) is 0 Å². The van der Waals surface area contributed by atoms with E-state index >= 15 is 0 Å². The van der Waals surface area contributed by atoms with E-state index in [1.165, 1.54) is 0 Å². The highest BCUT2D eigenvalue weighted by molar-refractivity contribution is 7.88. The lowest BCUT2D eigenvalue weighted by molar-refractivity contribution is -0.121. The maximum absolute atomic E-state index is 11.8. The number of rotatable bonds is 6. The number of carbonyl (C=O) groups excluding carboxylic acids is 1. The minimum absolute atomic E-state index is 0.134. The van der Waals surface area contributed by atoms with Crippen LogP contribution in [0.4, 0.5) is 0 Å². The molecule has 20 heavy (non-hydrogen) atoms. The first-order valence-electron chi connectivity index (χ1n) is 6.27. The van der Waals surface area contributed by atoms with Gasteiger partial charge in [0.2, 0.25) is 15.9 Å². The van der Waals surface area contributed by atoms with Crippen molar-refractivity contribution in [3.05, 3.63) is 18.7 Å². The third-order valence-corrected chi connectivity index (χ3v) is 3.50. The van der Waals surface area contributed by atoms with Gasteiger partial charge in [-0.3, -0.25) is 4.79 Å². The summed E-state index contributed by atoms with van der Waals surface area (Å²) >= 11 is 0. The highest BCUT2D eigenvalue weighted by Gasteiger charge is 2.26. The number of hydrogen-bond acceptors (Lipinski definition) is 4. The zero-order valence-corrected chi connectivity index (χ0v) is 13.1. The van der Waals surface area contributed by atoms with Crippen molar-refractivity contribution in [3.63, 3.8) is 0 Å². The summed E-state index contributed by atoms with van der Waals surface area (Å²) in [5.74, 6) is -0.351. The molecule has 1 rings (SSSR count). The molecule has 7 nitrogen and oxygen atoms in total. The second kappa shape index (κ2) is 6.36. The van der Waals surface area contributed by atoms with Crippen molar-refractivity contribution in [2.75, 3.05) is 12.8 Å². The largest absolute Gasteiger partial charge is 0.350 e. The third kappa shape index (κ3) is 6.16. The number of hydrogen-bond donors (Lipinski definition) is 2. The molecule has 0 saturated heterocycles. The van der Waals surface area contributed by atoms with Crippen LogP contribution in [-0.2, 0) is 21.4 Å². The van der Waals surface area contributed by atoms with Crippen molar-refractivity contribution >= 4 is 15.9 Å². The molecule has 8 heteroatoms. The van der Waals surface area contributed by atoms with Gasteiger partial charge in [0, 0.05) is 18.9 Å². The Kier molecular flexibility index (Phi) is 5.29. The molecular formula is C12H22N4O3S. The van der Waals surface area contributed by atoms with Crippen LogP contribution in [0.3, 0.4) is 0 Å². The van der Waals surface area contributed by atoms with E-state index in [0.29, 0.717) is 6.54 Å². The highest BCUT2D eigenvalue weighted by Crippen LogP contribution is 2.20. The number of sulfonamides is 1. The molecule has 0 saturated carbocycles. The first-order valence-corrected chi connectivity index (χ1v) is 8.17. The Labute approximate surface area is 119 Å². The van der Waals surface area contributed by atoms with E-state index in [0.717, 1.165) is 6.26 Å². The molecule has 0 unspecified atom stereocenters. The summed E-state index contributed by atoms with van der Waals surface area (Å²) in [4.78, 5) is 15.8. The Morgan fingerprint density at radius 1 is 1.40 bits per heavy atom. The smallest absolute Gasteiger partial charge is 0.235 e. The van der Waals surface area contributed by atoms with Gasteiger partial charge in [-0.2, -0.15) is 0 Å². The van der Waals surface area contributed by atoms with Gasteiger partial charge in [0.1, 0.15) is 0 Å². The summed E-state index contributed by atoms with van der Waals surface area (Å²) in [6.07, 6.45) is 6.19. The van der Waals surface area contributed by atoms with Crippen LogP contribution in [0.2, 0.25) is 0 Å². The SMILES string of the molecule is CC(C)(C)[C@H](Cn1ccnc1)NC(=O)CNS(C)(=O)=O. The van der Waals surface area contributed by atoms with E-state index < -0.39 is 10.0 Å². The van der Waals surface area contributed by atoms with Crippen molar-refractivity contribution < 1.29 is 13.2 Å². The van der Waals surface area contributed by atoms with Crippen LogP contribution in [0, 0.1) is 5.41 Å². The van der Waals surface area contributed by atoms with Gasteiger partial charge in [-0.25, -0.2) is 18.1 Å². The molecule has 0 fully saturated rings. The molecule has 114 valence electrons. The normalized spacial score (nSPS) is 14.0. The molecule has 2 N–H and O–H groups in total. The number of nitrogens with one attached hydrogen (secondary N) is 2. The fourth-order valence-corrected chi connectivity index (χ4v) is 1.98. The van der Waals surface area contributed by atoms with Crippen LogP contribution in [0.15, 0.2) is 18.7 Å². The fourth-order valence-electron chi connectivity index (χ4n) is 1.58. The van der Waals surface area contributed by atoms with E-state index in [1.54, 1.807) is 12.5 Å². The van der Waals surface area contributed by atoms with Gasteiger partial charge < -0.3 is 9.88 Å². The van der Waals surface area contributed by atoms with E-state index in [1.807, 2.05) is 31.5 Å². The zero-order valence-electron chi connectivity index (χ0n) is 12.3. The average molecular weight is 302 g/mol. The molecule has 0 bridgehead atoms. The molecule has 1 atom stereocenters. The van der Waals surface area contributed by atoms with E-state index in [9.17, 15) is 13.2 Å². The average Bonchev–Trinajstić information content (AvgIpc) is 2.76. The number of aromatic nitrogens is 2. The predicted octanol–water partition coefficient (Wildman–Crippen LogP) is -0.0368. The summed E-state index contributed by atoms with van der Waals surface area (Å²) in [6.45, 7) is 6.36. The second-order valence-electron chi connectivity index (χ2n) is 5.84. The summed E-state index contributed by atoms with van der Waals surface area (Å²) in [5.41, 5.74) is -0.162. The van der Waals surface area contributed by atoms with Crippen LogP contribution in [-0.4, -0.2) is 42.7 Å². The van der Waals surface area contributed by atoms with Gasteiger partial charge >= 0.3 is 0 Å². The van der Waals surface area contributed by atoms with E-state index in [4.69, 9.17) is 0 Å². The first kappa shape index (κ1) is 16.6. The predicted molar refractivity (Wildman–Crippen MR) is 76.5 cm³/mol. The third-order valence-electron chi connectivity index (χ3n) is 2.83. The summed E-state index contributed by atoms with van der Waals surface area (Å²) in [5, 5.41) is 2.85. The lowest BCUT2D eigenvalue weighted by Crippen LogP contribution is -2.49. The van der Waals surface area contributed by atoms with Gasteiger partial charge in [-0.1, -0.05) is 20.8 Å². The highest BCUT2D eigenvalue weighted by atomic mass is 32.2. The molecule has 0 aromatic carbocycles. The molecule has 1 aromatic heterocycles. The van der Waals surface area contributed by atoms with Gasteiger partial charge in [-0.05, 0) is 5.41 Å². The number of imidazole rings is 1. The number of amides is 1. The van der Waals surface area contributed by atoms with Gasteiger partial charge in [-0.15, -0.1) is 0 Å². The zero-order chi connectivity index (χ0) is 15.4. The summed E-state index contributed by atoms with van der Waals surface area (Å²) in [7, 11) is -3.37. The number of carbonyl (C=O) groups is 1. The molecular weight excluding hydrogens is 280 g/mol. The minimum Gasteiger partial charge on any atom is -0.350 e. The van der Waals surface area contributed by atoms with Crippen molar-refractivity contribution in [1.82, 2.24) is 19.6 Å². The first-order chi connectivity index (χ1) is 9.08. The van der Waals surface area contributed by atoms with Crippen molar-refractivity contribution in [1.29, 1.82) is 0 Å². The Balaban J connectivity index is 2.64. The van der Waals surface area contributed by atoms with E-state index in [-0.39, 0.29) is 23.9 Å². The van der Waals surface area contributed by atoms with Gasteiger partial charge in [0.15, 0.2) is 0 Å². The Morgan fingerprint density at radius 2 is 2.05 bits per heavy atom. The topological polar surface area (TPSA) is 93.1 Å². The molecule has 0 aliphatic rings. The molecule has 0 aliphatic carbocycles. The molecule has 1 heterocycles. The standard InChI is InChI=1S/C12H22N4O3S/c1-12(2,3)10(8-16-6-5-13-9-16)15-11(17)7-14-20(4,18)19/h5-6,9-10,14H,7-8H2,1-4H3,(H,15,17)/t10-/m0/s1. The maximum atomic E-state index is 11.8. The van der Waals surface area contributed by atoms with Crippen LogP contribution < -0.4 is 10.0 Å². The molecule has 0 radical (unpaired) electrons. The quantitative estimate of drug-likeness (QED) is 0.771. The van der Waals surface area contributed by atoms with Crippen LogP contribution >= 0.6 is 0 Å². The molecule has 1 amide bonds. The van der Waals surface area contributed by atoms with Gasteiger partial charge in [0.25, 0.3) is 0 Å². The minimum atomic E-state index is -3.37. The summed E-state index contributed by atoms with van der Waals surface area (Å²) < 4.78 is 26.0. The van der Waals surface area contributed by atoms with Crippen molar-refractivity contribution in [2.45, 2.75) is 33.4 Å². The number of nitrogens with zero attached hydrogens (tertiary/aromatic N) is 2. The van der Waals surface area contributed by atoms with Crippen LogP contribution in [0.25, 0.3) is 0 Å². The van der Waals surface area contributed by atoms with E-state index in [2.05, 4.69) is 15.0 Å². The van der Waals surface area contributed by atoms with Crippen molar-refractivity contribution in [2.24, 2.45) is 5.41 Å². The Bertz CT molecular complexity index is 532.